The maximum absolute atomic E-state index is 13.1. The number of likely N-dealkylation sites (tertiary alicyclic amines) is 1. The highest BCUT2D eigenvalue weighted by molar-refractivity contribution is 5.86. The van der Waals surface area contributed by atoms with Crippen molar-refractivity contribution in [3.05, 3.63) is 35.4 Å². The first-order chi connectivity index (χ1) is 11.5. The molecular formula is C19H26N2O3. The molecule has 0 spiro atoms. The predicted molar refractivity (Wildman–Crippen MR) is 91.4 cm³/mol. The van der Waals surface area contributed by atoms with Crippen LogP contribution in [-0.4, -0.2) is 54.5 Å². The number of aryl methyl sites for hydroxylation is 1. The van der Waals surface area contributed by atoms with Gasteiger partial charge in [-0.3, -0.25) is 9.59 Å². The van der Waals surface area contributed by atoms with Gasteiger partial charge in [0.05, 0.1) is 6.04 Å². The van der Waals surface area contributed by atoms with E-state index in [-0.39, 0.29) is 24.5 Å². The van der Waals surface area contributed by atoms with Crippen molar-refractivity contribution in [1.82, 2.24) is 9.80 Å². The average Bonchev–Trinajstić information content (AvgIpc) is 2.58. The summed E-state index contributed by atoms with van der Waals surface area (Å²) in [5.41, 5.74) is 2.05. The lowest BCUT2D eigenvalue weighted by Crippen LogP contribution is -2.55. The van der Waals surface area contributed by atoms with Crippen LogP contribution in [0.1, 0.15) is 36.9 Å². The molecule has 0 aliphatic carbocycles. The number of carbonyl (C=O) groups is 2. The Bertz CT molecular complexity index is 623. The zero-order chi connectivity index (χ0) is 17.3. The molecule has 2 aliphatic rings. The first-order valence-corrected chi connectivity index (χ1v) is 8.70. The van der Waals surface area contributed by atoms with Gasteiger partial charge in [-0.15, -0.1) is 0 Å². The first-order valence-electron chi connectivity index (χ1n) is 8.70. The maximum atomic E-state index is 13.1. The van der Waals surface area contributed by atoms with Gasteiger partial charge in [0.1, 0.15) is 6.61 Å². The molecule has 2 heterocycles. The second-order valence-electron chi connectivity index (χ2n) is 7.05. The van der Waals surface area contributed by atoms with Gasteiger partial charge in [0, 0.05) is 20.1 Å². The van der Waals surface area contributed by atoms with Gasteiger partial charge in [-0.05, 0) is 36.8 Å². The zero-order valence-corrected chi connectivity index (χ0v) is 14.7. The van der Waals surface area contributed by atoms with E-state index in [1.165, 1.54) is 0 Å². The molecule has 0 saturated carbocycles. The van der Waals surface area contributed by atoms with Crippen LogP contribution in [0.3, 0.4) is 0 Å². The Balaban J connectivity index is 1.88. The molecule has 5 nitrogen and oxygen atoms in total. The Kier molecular flexibility index (Phi) is 4.90. The summed E-state index contributed by atoms with van der Waals surface area (Å²) in [7, 11) is 1.76. The van der Waals surface area contributed by atoms with E-state index in [1.54, 1.807) is 11.9 Å². The molecule has 2 amide bonds. The van der Waals surface area contributed by atoms with Crippen LogP contribution in [-0.2, 0) is 14.3 Å². The highest BCUT2D eigenvalue weighted by Gasteiger charge is 2.42. The molecule has 0 aromatic heterocycles. The first kappa shape index (κ1) is 17.0. The van der Waals surface area contributed by atoms with E-state index < -0.39 is 6.10 Å². The molecule has 3 rings (SSSR count). The van der Waals surface area contributed by atoms with Crippen LogP contribution >= 0.6 is 0 Å². The molecule has 1 aromatic carbocycles. The fourth-order valence-corrected chi connectivity index (χ4v) is 3.62. The Hall–Kier alpha value is -1.88. The SMILES string of the molecule is Cc1ccccc1[C@@H]1[C@@H](C(=O)N2CCC(C)CC2)OCC(=O)N1C. The summed E-state index contributed by atoms with van der Waals surface area (Å²) in [6.45, 7) is 5.75. The molecule has 2 fully saturated rings. The third-order valence-corrected chi connectivity index (χ3v) is 5.33. The number of hydrogen-bond acceptors (Lipinski definition) is 3. The Labute approximate surface area is 143 Å². The molecule has 0 radical (unpaired) electrons. The summed E-state index contributed by atoms with van der Waals surface area (Å²) in [5.74, 6) is 0.590. The lowest BCUT2D eigenvalue weighted by atomic mass is 9.92. The van der Waals surface area contributed by atoms with Crippen molar-refractivity contribution in [3.8, 4) is 0 Å². The fourth-order valence-electron chi connectivity index (χ4n) is 3.62. The van der Waals surface area contributed by atoms with Crippen molar-refractivity contribution in [1.29, 1.82) is 0 Å². The summed E-state index contributed by atoms with van der Waals surface area (Å²) in [6, 6.07) is 7.54. The molecule has 1 aromatic rings. The van der Waals surface area contributed by atoms with Crippen molar-refractivity contribution in [2.45, 2.75) is 38.8 Å². The number of nitrogens with zero attached hydrogens (tertiary/aromatic N) is 2. The van der Waals surface area contributed by atoms with Crippen molar-refractivity contribution in [2.24, 2.45) is 5.92 Å². The number of carbonyl (C=O) groups excluding carboxylic acids is 2. The fraction of sp³-hybridized carbons (Fsp3) is 0.579. The van der Waals surface area contributed by atoms with E-state index in [2.05, 4.69) is 6.92 Å². The predicted octanol–water partition coefficient (Wildman–Crippen LogP) is 2.15. The second kappa shape index (κ2) is 6.93. The van der Waals surface area contributed by atoms with Crippen LogP contribution < -0.4 is 0 Å². The molecule has 0 bridgehead atoms. The van der Waals surface area contributed by atoms with Gasteiger partial charge < -0.3 is 14.5 Å². The van der Waals surface area contributed by atoms with E-state index in [0.29, 0.717) is 5.92 Å². The van der Waals surface area contributed by atoms with E-state index in [4.69, 9.17) is 4.74 Å². The molecule has 2 atom stereocenters. The van der Waals surface area contributed by atoms with Gasteiger partial charge in [0.25, 0.3) is 5.91 Å². The zero-order valence-electron chi connectivity index (χ0n) is 14.7. The van der Waals surface area contributed by atoms with E-state index in [1.807, 2.05) is 36.1 Å². The molecule has 0 unspecified atom stereocenters. The number of piperidine rings is 1. The van der Waals surface area contributed by atoms with Gasteiger partial charge >= 0.3 is 0 Å². The van der Waals surface area contributed by atoms with E-state index in [0.717, 1.165) is 37.1 Å². The van der Waals surface area contributed by atoms with Crippen molar-refractivity contribution in [2.75, 3.05) is 26.7 Å². The molecule has 0 N–H and O–H groups in total. The monoisotopic (exact) mass is 330 g/mol. The summed E-state index contributed by atoms with van der Waals surface area (Å²) < 4.78 is 5.74. The van der Waals surface area contributed by atoms with Crippen LogP contribution in [0.5, 0.6) is 0 Å². The van der Waals surface area contributed by atoms with Gasteiger partial charge in [0.15, 0.2) is 6.10 Å². The molecule has 24 heavy (non-hydrogen) atoms. The van der Waals surface area contributed by atoms with Gasteiger partial charge in [-0.1, -0.05) is 31.2 Å². The van der Waals surface area contributed by atoms with Crippen molar-refractivity contribution in [3.63, 3.8) is 0 Å². The lowest BCUT2D eigenvalue weighted by Gasteiger charge is -2.41. The van der Waals surface area contributed by atoms with Crippen molar-refractivity contribution < 1.29 is 14.3 Å². The second-order valence-corrected chi connectivity index (χ2v) is 7.05. The Morgan fingerprint density at radius 2 is 1.88 bits per heavy atom. The van der Waals surface area contributed by atoms with Crippen LogP contribution in [0.15, 0.2) is 24.3 Å². The van der Waals surface area contributed by atoms with E-state index in [9.17, 15) is 9.59 Å². The normalized spacial score (nSPS) is 25.9. The third kappa shape index (κ3) is 3.18. The maximum Gasteiger partial charge on any atom is 0.254 e. The number of morpholine rings is 1. The van der Waals surface area contributed by atoms with Crippen LogP contribution in [0, 0.1) is 12.8 Å². The summed E-state index contributed by atoms with van der Waals surface area (Å²) >= 11 is 0. The van der Waals surface area contributed by atoms with Gasteiger partial charge in [-0.2, -0.15) is 0 Å². The minimum Gasteiger partial charge on any atom is -0.356 e. The Morgan fingerprint density at radius 1 is 1.21 bits per heavy atom. The topological polar surface area (TPSA) is 49.9 Å². The van der Waals surface area contributed by atoms with Gasteiger partial charge in [0.2, 0.25) is 5.91 Å². The van der Waals surface area contributed by atoms with Crippen LogP contribution in [0.4, 0.5) is 0 Å². The standard InChI is InChI=1S/C19H26N2O3/c1-13-8-10-21(11-9-13)19(23)18-17(20(3)16(22)12-24-18)15-7-5-4-6-14(15)2/h4-7,13,17-18H,8-12H2,1-3H3/t17-,18+/m1/s1. The van der Waals surface area contributed by atoms with Gasteiger partial charge in [-0.25, -0.2) is 0 Å². The minimum atomic E-state index is -0.623. The lowest BCUT2D eigenvalue weighted by molar-refractivity contribution is -0.168. The molecule has 5 heteroatoms. The summed E-state index contributed by atoms with van der Waals surface area (Å²) in [6.07, 6.45) is 1.44. The van der Waals surface area contributed by atoms with E-state index >= 15 is 0 Å². The smallest absolute Gasteiger partial charge is 0.254 e. The number of ether oxygens (including phenoxy) is 1. The molecule has 2 aliphatic heterocycles. The summed E-state index contributed by atoms with van der Waals surface area (Å²) in [5, 5.41) is 0. The molecular weight excluding hydrogens is 304 g/mol. The number of hydrogen-bond donors (Lipinski definition) is 0. The highest BCUT2D eigenvalue weighted by Crippen LogP contribution is 2.32. The summed E-state index contributed by atoms with van der Waals surface area (Å²) in [4.78, 5) is 28.8. The quantitative estimate of drug-likeness (QED) is 0.835. The molecule has 130 valence electrons. The Morgan fingerprint density at radius 3 is 2.54 bits per heavy atom. The van der Waals surface area contributed by atoms with Crippen LogP contribution in [0.2, 0.25) is 0 Å². The minimum absolute atomic E-state index is 0.00880. The molecule has 2 saturated heterocycles. The third-order valence-electron chi connectivity index (χ3n) is 5.33. The van der Waals surface area contributed by atoms with Crippen molar-refractivity contribution >= 4 is 11.8 Å². The highest BCUT2D eigenvalue weighted by atomic mass is 16.5. The largest absolute Gasteiger partial charge is 0.356 e. The number of amides is 2. The number of rotatable bonds is 2. The average molecular weight is 330 g/mol. The van der Waals surface area contributed by atoms with Crippen LogP contribution in [0.25, 0.3) is 0 Å². The number of likely N-dealkylation sites (N-methyl/N-ethyl adjacent to an activating group) is 1. The number of benzene rings is 1.